The van der Waals surface area contributed by atoms with E-state index in [1.165, 1.54) is 0 Å². The Balaban J connectivity index is -0.0000000300. The van der Waals surface area contributed by atoms with E-state index < -0.39 is 10.2 Å². The molecule has 0 aromatic rings. The third kappa shape index (κ3) is 2310. The zero-order chi connectivity index (χ0) is 7.15. The van der Waals surface area contributed by atoms with Crippen LogP contribution in [0.3, 0.4) is 0 Å². The fourth-order valence-electron chi connectivity index (χ4n) is 0. The van der Waals surface area contributed by atoms with Crippen molar-refractivity contribution in [3.63, 3.8) is 0 Å². The molecule has 9 nitrogen and oxygen atoms in total. The van der Waals surface area contributed by atoms with Crippen LogP contribution in [-0.4, -0.2) is 47.9 Å². The standard InChI is InChI=1S/Ca.2NO3.H3N/c;2*2-1(3)4;/h;;;1H3/q+2;2*-1;. The molecule has 0 saturated heterocycles. The largest absolute Gasteiger partial charge is 2.00 e. The molecule has 0 spiro atoms. The van der Waals surface area contributed by atoms with Crippen LogP contribution in [0.4, 0.5) is 0 Å². The van der Waals surface area contributed by atoms with Gasteiger partial charge in [-0.2, -0.15) is 0 Å². The van der Waals surface area contributed by atoms with Crippen LogP contribution < -0.4 is 6.15 Å². The average molecular weight is 181 g/mol. The molecule has 56 valence electrons. The third-order valence-corrected chi connectivity index (χ3v) is 0. The Kier molecular flexibility index (Phi) is 35.9. The minimum atomic E-state index is -1.75. The summed E-state index contributed by atoms with van der Waals surface area (Å²) < 4.78 is 0. The first-order valence-electron chi connectivity index (χ1n) is 1.10. The molecule has 0 aromatic heterocycles. The van der Waals surface area contributed by atoms with Crippen molar-refractivity contribution in [1.29, 1.82) is 0 Å². The predicted molar refractivity (Wildman–Crippen MR) is 31.5 cm³/mol. The maximum Gasteiger partial charge on any atom is 2.00 e. The summed E-state index contributed by atoms with van der Waals surface area (Å²) >= 11 is 0. The summed E-state index contributed by atoms with van der Waals surface area (Å²) in [4.78, 5) is 16.5. The molecule has 0 amide bonds. The third-order valence-electron chi connectivity index (χ3n) is 0. The second-order valence-electron chi connectivity index (χ2n) is 0.447. The van der Waals surface area contributed by atoms with E-state index in [0.29, 0.717) is 0 Å². The summed E-state index contributed by atoms with van der Waals surface area (Å²) in [6.07, 6.45) is 0. The van der Waals surface area contributed by atoms with Crippen molar-refractivity contribution in [2.45, 2.75) is 0 Å². The van der Waals surface area contributed by atoms with Crippen LogP contribution in [0.1, 0.15) is 0 Å². The Hall–Kier alpha value is -0.380. The second kappa shape index (κ2) is 15.8. The monoisotopic (exact) mass is 181 g/mol. The van der Waals surface area contributed by atoms with Crippen molar-refractivity contribution >= 4 is 37.7 Å². The SMILES string of the molecule is N.O=[N+]([O-])[O-].O=[N+]([O-])[O-].[Ca+2]. The van der Waals surface area contributed by atoms with Gasteiger partial charge in [0.2, 0.25) is 0 Å². The van der Waals surface area contributed by atoms with E-state index in [4.69, 9.17) is 30.6 Å². The minimum Gasteiger partial charge on any atom is -0.356 e. The normalized spacial score (nSPS) is 4.80. The molecule has 0 saturated carbocycles. The van der Waals surface area contributed by atoms with Crippen LogP contribution >= 0.6 is 0 Å². The summed E-state index contributed by atoms with van der Waals surface area (Å²) in [5.74, 6) is 0. The quantitative estimate of drug-likeness (QED) is 0.292. The van der Waals surface area contributed by atoms with E-state index in [0.717, 1.165) is 0 Å². The maximum absolute atomic E-state index is 8.25. The molecule has 0 radical (unpaired) electrons. The molecular formula is H3CaN3O6. The van der Waals surface area contributed by atoms with Gasteiger partial charge in [0.25, 0.3) is 0 Å². The van der Waals surface area contributed by atoms with Gasteiger partial charge in [-0.3, -0.25) is 0 Å². The van der Waals surface area contributed by atoms with Gasteiger partial charge in [-0.05, 0) is 0 Å². The van der Waals surface area contributed by atoms with E-state index in [9.17, 15) is 0 Å². The zero-order valence-corrected chi connectivity index (χ0v) is 6.97. The molecule has 10 heteroatoms. The number of nitrogens with zero attached hydrogens (tertiary/aromatic N) is 2. The molecule has 0 rings (SSSR count). The van der Waals surface area contributed by atoms with Crippen LogP contribution in [0.15, 0.2) is 0 Å². The number of hydrogen-bond donors (Lipinski definition) is 1. The van der Waals surface area contributed by atoms with Crippen molar-refractivity contribution in [3.05, 3.63) is 30.6 Å². The van der Waals surface area contributed by atoms with Gasteiger partial charge in [-0.15, -0.1) is 0 Å². The van der Waals surface area contributed by atoms with E-state index >= 15 is 0 Å². The Morgan fingerprint density at radius 2 is 0.800 bits per heavy atom. The molecule has 0 aliphatic rings. The van der Waals surface area contributed by atoms with Gasteiger partial charge in [0.05, 0.1) is 10.2 Å². The molecule has 0 aliphatic carbocycles. The van der Waals surface area contributed by atoms with Gasteiger partial charge in [0.15, 0.2) is 0 Å². The van der Waals surface area contributed by atoms with Crippen LogP contribution in [0.5, 0.6) is 0 Å². The fourth-order valence-corrected chi connectivity index (χ4v) is 0. The second-order valence-corrected chi connectivity index (χ2v) is 0.447. The summed E-state index contributed by atoms with van der Waals surface area (Å²) in [7, 11) is 0. The number of hydrogen-bond acceptors (Lipinski definition) is 7. The van der Waals surface area contributed by atoms with Crippen molar-refractivity contribution in [3.8, 4) is 0 Å². The van der Waals surface area contributed by atoms with Crippen LogP contribution in [0, 0.1) is 30.6 Å². The first-order valence-corrected chi connectivity index (χ1v) is 1.10. The van der Waals surface area contributed by atoms with Crippen LogP contribution in [0.2, 0.25) is 0 Å². The summed E-state index contributed by atoms with van der Waals surface area (Å²) in [6, 6.07) is 0. The average Bonchev–Trinajstić information content (AvgIpc) is 1.25. The molecular weight excluding hydrogens is 178 g/mol. The van der Waals surface area contributed by atoms with E-state index in [1.807, 2.05) is 0 Å². The van der Waals surface area contributed by atoms with Crippen molar-refractivity contribution in [2.24, 2.45) is 0 Å². The first kappa shape index (κ1) is 22.6. The fraction of sp³-hybridized carbons (Fsp3) is 0. The van der Waals surface area contributed by atoms with Gasteiger partial charge < -0.3 is 36.8 Å². The van der Waals surface area contributed by atoms with Crippen molar-refractivity contribution < 1.29 is 10.2 Å². The molecule has 10 heavy (non-hydrogen) atoms. The maximum atomic E-state index is 8.25. The van der Waals surface area contributed by atoms with Crippen molar-refractivity contribution in [1.82, 2.24) is 6.15 Å². The summed E-state index contributed by atoms with van der Waals surface area (Å²) in [6.45, 7) is 0. The topological polar surface area (TPSA) is 167 Å². The smallest absolute Gasteiger partial charge is 0.356 e. The van der Waals surface area contributed by atoms with E-state index in [-0.39, 0.29) is 43.9 Å². The molecule has 0 atom stereocenters. The van der Waals surface area contributed by atoms with E-state index in [2.05, 4.69) is 0 Å². The number of rotatable bonds is 0. The van der Waals surface area contributed by atoms with Gasteiger partial charge in [-0.1, -0.05) is 0 Å². The molecule has 0 aromatic carbocycles. The van der Waals surface area contributed by atoms with Crippen LogP contribution in [-0.2, 0) is 0 Å². The van der Waals surface area contributed by atoms with Crippen LogP contribution in [0.25, 0.3) is 0 Å². The Morgan fingerprint density at radius 1 is 0.800 bits per heavy atom. The van der Waals surface area contributed by atoms with Gasteiger partial charge in [0.1, 0.15) is 0 Å². The first-order chi connectivity index (χ1) is 3.46. The van der Waals surface area contributed by atoms with Gasteiger partial charge >= 0.3 is 37.7 Å². The molecule has 0 unspecified atom stereocenters. The van der Waals surface area contributed by atoms with E-state index in [1.54, 1.807) is 0 Å². The predicted octanol–water partition coefficient (Wildman–Crippen LogP) is -0.697. The molecule has 0 aliphatic heterocycles. The molecule has 0 fully saturated rings. The Labute approximate surface area is 84.4 Å². The Bertz CT molecular complexity index is 71.0. The van der Waals surface area contributed by atoms with Crippen molar-refractivity contribution in [2.75, 3.05) is 0 Å². The van der Waals surface area contributed by atoms with Gasteiger partial charge in [0, 0.05) is 0 Å². The minimum absolute atomic E-state index is 0. The summed E-state index contributed by atoms with van der Waals surface area (Å²) in [5, 5.41) is 29.5. The molecule has 3 N–H and O–H groups in total. The molecule has 0 bridgehead atoms. The van der Waals surface area contributed by atoms with Gasteiger partial charge in [-0.25, -0.2) is 0 Å². The summed E-state index contributed by atoms with van der Waals surface area (Å²) in [5.41, 5.74) is 0. The zero-order valence-electron chi connectivity index (χ0n) is 4.76. The Morgan fingerprint density at radius 3 is 0.800 bits per heavy atom. The molecule has 0 heterocycles.